The minimum atomic E-state index is -0.0905. The lowest BCUT2D eigenvalue weighted by atomic mass is 10.2. The number of hydrogen-bond acceptors (Lipinski definition) is 4. The van der Waals surface area contributed by atoms with Crippen molar-refractivity contribution in [3.63, 3.8) is 0 Å². The average Bonchev–Trinajstić information content (AvgIpc) is 2.73. The third-order valence-corrected chi connectivity index (χ3v) is 5.11. The van der Waals surface area contributed by atoms with Crippen LogP contribution in [0.15, 0.2) is 21.5 Å². The van der Waals surface area contributed by atoms with Gasteiger partial charge in [0.15, 0.2) is 0 Å². The summed E-state index contributed by atoms with van der Waals surface area (Å²) in [5, 5.41) is 7.51. The summed E-state index contributed by atoms with van der Waals surface area (Å²) in [5.74, 6) is 0.387. The van der Waals surface area contributed by atoms with Crippen LogP contribution in [0.3, 0.4) is 0 Å². The first kappa shape index (κ1) is 16.2. The van der Waals surface area contributed by atoms with Crippen molar-refractivity contribution in [2.75, 3.05) is 5.32 Å². The summed E-state index contributed by atoms with van der Waals surface area (Å²) < 4.78 is 2.04. The van der Waals surface area contributed by atoms with Crippen LogP contribution in [0.4, 0.5) is 5.69 Å². The fourth-order valence-corrected chi connectivity index (χ4v) is 3.42. The van der Waals surface area contributed by atoms with Gasteiger partial charge >= 0.3 is 0 Å². The number of nitrogens with one attached hydrogen (secondary N) is 1. The molecule has 2 aromatic heterocycles. The molecular formula is C15H20BrN3OS. The summed E-state index contributed by atoms with van der Waals surface area (Å²) in [6, 6.07) is 2.17. The SMILES string of the molecule is Cc1cc(CNc2cnn(CC(C)C)c(=O)c2Br)sc1C. The van der Waals surface area contributed by atoms with Crippen LogP contribution >= 0.6 is 27.3 Å². The van der Waals surface area contributed by atoms with Crippen molar-refractivity contribution in [2.24, 2.45) is 5.92 Å². The van der Waals surface area contributed by atoms with Crippen LogP contribution in [0.1, 0.15) is 29.2 Å². The number of aryl methyl sites for hydroxylation is 2. The van der Waals surface area contributed by atoms with E-state index in [-0.39, 0.29) is 5.56 Å². The summed E-state index contributed by atoms with van der Waals surface area (Å²) in [5.41, 5.74) is 1.96. The Morgan fingerprint density at radius 3 is 2.71 bits per heavy atom. The Morgan fingerprint density at radius 1 is 1.43 bits per heavy atom. The molecule has 2 rings (SSSR count). The largest absolute Gasteiger partial charge is 0.378 e. The molecule has 4 nitrogen and oxygen atoms in total. The van der Waals surface area contributed by atoms with E-state index in [4.69, 9.17) is 0 Å². The van der Waals surface area contributed by atoms with E-state index in [9.17, 15) is 4.79 Å². The van der Waals surface area contributed by atoms with Gasteiger partial charge in [-0.1, -0.05) is 13.8 Å². The van der Waals surface area contributed by atoms with E-state index in [0.29, 0.717) is 23.5 Å². The van der Waals surface area contributed by atoms with Crippen LogP contribution in [0.2, 0.25) is 0 Å². The minimum Gasteiger partial charge on any atom is -0.378 e. The minimum absolute atomic E-state index is 0.0905. The average molecular weight is 370 g/mol. The maximum Gasteiger partial charge on any atom is 0.283 e. The fourth-order valence-electron chi connectivity index (χ4n) is 1.98. The lowest BCUT2D eigenvalue weighted by Gasteiger charge is -2.11. The zero-order valence-electron chi connectivity index (χ0n) is 12.7. The Labute approximate surface area is 137 Å². The number of halogens is 1. The van der Waals surface area contributed by atoms with Crippen LogP contribution in [0, 0.1) is 19.8 Å². The van der Waals surface area contributed by atoms with Gasteiger partial charge in [-0.3, -0.25) is 4.79 Å². The number of rotatable bonds is 5. The maximum atomic E-state index is 12.2. The highest BCUT2D eigenvalue weighted by atomic mass is 79.9. The molecule has 0 fully saturated rings. The molecule has 0 aromatic carbocycles. The zero-order chi connectivity index (χ0) is 15.6. The Hall–Kier alpha value is -1.14. The molecule has 2 heterocycles. The van der Waals surface area contributed by atoms with Crippen molar-refractivity contribution in [2.45, 2.75) is 40.8 Å². The predicted octanol–water partition coefficient (Wildman–Crippen LogP) is 3.95. The first-order chi connectivity index (χ1) is 9.88. The molecule has 6 heteroatoms. The first-order valence-corrected chi connectivity index (χ1v) is 8.54. The highest BCUT2D eigenvalue weighted by Crippen LogP contribution is 2.23. The second kappa shape index (κ2) is 6.75. The van der Waals surface area contributed by atoms with Gasteiger partial charge in [0.1, 0.15) is 4.47 Å². The molecule has 0 unspecified atom stereocenters. The molecule has 0 aliphatic heterocycles. The molecule has 0 spiro atoms. The van der Waals surface area contributed by atoms with Crippen molar-refractivity contribution < 1.29 is 0 Å². The molecule has 0 radical (unpaired) electrons. The van der Waals surface area contributed by atoms with Gasteiger partial charge in [0.05, 0.1) is 11.9 Å². The van der Waals surface area contributed by atoms with Crippen LogP contribution in [0.25, 0.3) is 0 Å². The molecule has 0 amide bonds. The van der Waals surface area contributed by atoms with E-state index >= 15 is 0 Å². The van der Waals surface area contributed by atoms with Gasteiger partial charge in [-0.2, -0.15) is 5.10 Å². The maximum absolute atomic E-state index is 12.2. The molecule has 0 saturated carbocycles. The monoisotopic (exact) mass is 369 g/mol. The van der Waals surface area contributed by atoms with Gasteiger partial charge in [0.2, 0.25) is 0 Å². The fraction of sp³-hybridized carbons (Fsp3) is 0.467. The summed E-state index contributed by atoms with van der Waals surface area (Å²) in [7, 11) is 0. The summed E-state index contributed by atoms with van der Waals surface area (Å²) >= 11 is 5.16. The molecule has 1 N–H and O–H groups in total. The van der Waals surface area contributed by atoms with Gasteiger partial charge in [0, 0.05) is 22.8 Å². The number of nitrogens with zero attached hydrogens (tertiary/aromatic N) is 2. The van der Waals surface area contributed by atoms with Crippen LogP contribution in [-0.2, 0) is 13.1 Å². The molecule has 2 aromatic rings. The number of aromatic nitrogens is 2. The van der Waals surface area contributed by atoms with Crippen molar-refractivity contribution in [3.05, 3.63) is 42.4 Å². The standard InChI is InChI=1S/C15H20BrN3OS/c1-9(2)8-19-15(20)14(16)13(7-18-19)17-6-12-5-10(3)11(4)21-12/h5,7,9,17H,6,8H2,1-4H3. The predicted molar refractivity (Wildman–Crippen MR) is 92.2 cm³/mol. The van der Waals surface area contributed by atoms with E-state index in [2.05, 4.69) is 60.1 Å². The van der Waals surface area contributed by atoms with Crippen molar-refractivity contribution in [1.29, 1.82) is 0 Å². The Bertz CT molecular complexity index is 671. The Morgan fingerprint density at radius 2 is 2.14 bits per heavy atom. The molecule has 0 aliphatic carbocycles. The number of hydrogen-bond donors (Lipinski definition) is 1. The lowest BCUT2D eigenvalue weighted by Crippen LogP contribution is -2.26. The highest BCUT2D eigenvalue weighted by Gasteiger charge is 2.10. The van der Waals surface area contributed by atoms with Crippen LogP contribution in [-0.4, -0.2) is 9.78 Å². The normalized spacial score (nSPS) is 11.1. The molecule has 21 heavy (non-hydrogen) atoms. The topological polar surface area (TPSA) is 46.9 Å². The van der Waals surface area contributed by atoms with Gasteiger partial charge in [0.25, 0.3) is 5.56 Å². The molecular weight excluding hydrogens is 350 g/mol. The smallest absolute Gasteiger partial charge is 0.283 e. The highest BCUT2D eigenvalue weighted by molar-refractivity contribution is 9.10. The third kappa shape index (κ3) is 3.95. The molecule has 0 aliphatic rings. The molecule has 114 valence electrons. The van der Waals surface area contributed by atoms with Gasteiger partial charge in [-0.05, 0) is 47.3 Å². The van der Waals surface area contributed by atoms with Crippen LogP contribution < -0.4 is 10.9 Å². The zero-order valence-corrected chi connectivity index (χ0v) is 15.1. The summed E-state index contributed by atoms with van der Waals surface area (Å²) in [6.07, 6.45) is 1.71. The van der Waals surface area contributed by atoms with E-state index in [0.717, 1.165) is 5.69 Å². The summed E-state index contributed by atoms with van der Waals surface area (Å²) in [4.78, 5) is 14.8. The quantitative estimate of drug-likeness (QED) is 0.867. The van der Waals surface area contributed by atoms with Crippen LogP contribution in [0.5, 0.6) is 0 Å². The second-order valence-electron chi connectivity index (χ2n) is 5.56. The van der Waals surface area contributed by atoms with E-state index in [1.807, 2.05) is 0 Å². The number of anilines is 1. The van der Waals surface area contributed by atoms with E-state index in [1.54, 1.807) is 17.5 Å². The molecule has 0 saturated heterocycles. The Balaban J connectivity index is 2.14. The van der Waals surface area contributed by atoms with Crippen molar-refractivity contribution in [3.8, 4) is 0 Å². The molecule has 0 atom stereocenters. The number of thiophene rings is 1. The van der Waals surface area contributed by atoms with Gasteiger partial charge in [-0.25, -0.2) is 4.68 Å². The van der Waals surface area contributed by atoms with Crippen molar-refractivity contribution >= 4 is 33.0 Å². The molecule has 0 bridgehead atoms. The van der Waals surface area contributed by atoms with E-state index in [1.165, 1.54) is 20.0 Å². The summed E-state index contributed by atoms with van der Waals surface area (Å²) in [6.45, 7) is 9.69. The first-order valence-electron chi connectivity index (χ1n) is 6.94. The second-order valence-corrected chi connectivity index (χ2v) is 7.69. The van der Waals surface area contributed by atoms with Gasteiger partial charge < -0.3 is 5.32 Å². The van der Waals surface area contributed by atoms with E-state index < -0.39 is 0 Å². The lowest BCUT2D eigenvalue weighted by molar-refractivity contribution is 0.462. The third-order valence-electron chi connectivity index (χ3n) is 3.19. The van der Waals surface area contributed by atoms with Gasteiger partial charge in [-0.15, -0.1) is 11.3 Å². The Kier molecular flexibility index (Phi) is 5.22. The van der Waals surface area contributed by atoms with Crippen molar-refractivity contribution in [1.82, 2.24) is 9.78 Å².